The van der Waals surface area contributed by atoms with Crippen LogP contribution in [0.4, 0.5) is 0 Å². The van der Waals surface area contributed by atoms with E-state index in [9.17, 15) is 14.7 Å². The fourth-order valence-corrected chi connectivity index (χ4v) is 4.48. The van der Waals surface area contributed by atoms with Crippen LogP contribution in [0.5, 0.6) is 11.5 Å². The van der Waals surface area contributed by atoms with Crippen molar-refractivity contribution in [3.63, 3.8) is 0 Å². The Balaban J connectivity index is 1.77. The Labute approximate surface area is 208 Å². The summed E-state index contributed by atoms with van der Waals surface area (Å²) in [7, 11) is 1.52. The van der Waals surface area contributed by atoms with Crippen molar-refractivity contribution < 1.29 is 24.2 Å². The minimum absolute atomic E-state index is 0.0117. The number of ether oxygens (including phenoxy) is 2. The van der Waals surface area contributed by atoms with Gasteiger partial charge in [-0.1, -0.05) is 29.8 Å². The number of likely N-dealkylation sites (tertiary alicyclic amines) is 1. The van der Waals surface area contributed by atoms with E-state index in [1.165, 1.54) is 18.1 Å². The van der Waals surface area contributed by atoms with Gasteiger partial charge in [0.05, 0.1) is 36.7 Å². The van der Waals surface area contributed by atoms with Crippen molar-refractivity contribution in [2.75, 3.05) is 20.3 Å². The Morgan fingerprint density at radius 1 is 1.14 bits per heavy atom. The van der Waals surface area contributed by atoms with Gasteiger partial charge in [-0.15, -0.1) is 0 Å². The lowest BCUT2D eigenvalue weighted by Gasteiger charge is -2.26. The van der Waals surface area contributed by atoms with Crippen LogP contribution in [0, 0.1) is 0 Å². The number of aliphatic hydroxyl groups is 1. The fourth-order valence-electron chi connectivity index (χ4n) is 4.25. The molecule has 1 aliphatic heterocycles. The zero-order valence-electron chi connectivity index (χ0n) is 19.5. The molecule has 1 fully saturated rings. The van der Waals surface area contributed by atoms with Crippen molar-refractivity contribution >= 4 is 29.1 Å². The highest BCUT2D eigenvalue weighted by Gasteiger charge is 2.46. The molecule has 0 saturated carbocycles. The molecule has 4 rings (SSSR count). The second-order valence-corrected chi connectivity index (χ2v) is 8.37. The Kier molecular flexibility index (Phi) is 7.41. The summed E-state index contributed by atoms with van der Waals surface area (Å²) >= 11 is 6.32. The maximum absolute atomic E-state index is 13.2. The zero-order chi connectivity index (χ0) is 24.9. The van der Waals surface area contributed by atoms with Gasteiger partial charge in [-0.25, -0.2) is 4.98 Å². The Hall–Kier alpha value is -3.78. The molecule has 0 bridgehead atoms. The molecule has 1 aliphatic rings. The molecule has 3 aromatic rings. The summed E-state index contributed by atoms with van der Waals surface area (Å²) < 4.78 is 12.9. The van der Waals surface area contributed by atoms with Gasteiger partial charge in [0.1, 0.15) is 17.3 Å². The predicted octanol–water partition coefficient (Wildman–Crippen LogP) is 4.46. The van der Waals surface area contributed by atoms with Crippen LogP contribution in [-0.4, -0.2) is 51.5 Å². The third-order valence-electron chi connectivity index (χ3n) is 5.85. The number of para-hydroxylation sites is 1. The SMILES string of the molecule is CCOc1ccc(C(O)=C2C(=O)C(=O)N(CCCn3ccnc3)[C@@H]2c2ccccc2OC)cc1Cl. The number of hydrogen-bond acceptors (Lipinski definition) is 6. The lowest BCUT2D eigenvalue weighted by atomic mass is 9.94. The number of halogens is 1. The average Bonchev–Trinajstić information content (AvgIpc) is 3.47. The molecule has 182 valence electrons. The van der Waals surface area contributed by atoms with Crippen LogP contribution in [0.2, 0.25) is 5.02 Å². The molecule has 0 unspecified atom stereocenters. The summed E-state index contributed by atoms with van der Waals surface area (Å²) in [6.07, 6.45) is 5.80. The summed E-state index contributed by atoms with van der Waals surface area (Å²) in [5.41, 5.74) is 0.910. The number of ketones is 1. The second-order valence-electron chi connectivity index (χ2n) is 7.97. The maximum atomic E-state index is 13.2. The standard InChI is InChI=1S/C26H26ClN3O5/c1-3-35-21-10-9-17(15-19(21)27)24(31)22-23(18-7-4-5-8-20(18)34-2)30(26(33)25(22)32)13-6-12-29-14-11-28-16-29/h4-5,7-11,14-16,23,31H,3,6,12-13H2,1-2H3/t23-/m1/s1. The second kappa shape index (κ2) is 10.7. The van der Waals surface area contributed by atoms with Crippen LogP contribution in [0.25, 0.3) is 5.76 Å². The van der Waals surface area contributed by atoms with Gasteiger partial charge in [-0.05, 0) is 37.6 Å². The molecular formula is C26H26ClN3O5. The van der Waals surface area contributed by atoms with Crippen LogP contribution in [0.3, 0.4) is 0 Å². The topological polar surface area (TPSA) is 93.9 Å². The monoisotopic (exact) mass is 495 g/mol. The summed E-state index contributed by atoms with van der Waals surface area (Å²) in [4.78, 5) is 31.9. The summed E-state index contributed by atoms with van der Waals surface area (Å²) in [6.45, 7) is 3.19. The first-order chi connectivity index (χ1) is 17.0. The average molecular weight is 496 g/mol. The lowest BCUT2D eigenvalue weighted by molar-refractivity contribution is -0.140. The molecular weight excluding hydrogens is 470 g/mol. The number of methoxy groups -OCH3 is 1. The zero-order valence-corrected chi connectivity index (χ0v) is 20.2. The van der Waals surface area contributed by atoms with Crippen LogP contribution in [0.1, 0.15) is 30.5 Å². The third kappa shape index (κ3) is 4.88. The molecule has 35 heavy (non-hydrogen) atoms. The maximum Gasteiger partial charge on any atom is 0.295 e. The molecule has 0 spiro atoms. The van der Waals surface area contributed by atoms with Crippen molar-refractivity contribution in [2.24, 2.45) is 0 Å². The number of carbonyl (C=O) groups excluding carboxylic acids is 2. The number of Topliss-reactive ketones (excluding diaryl/α,β-unsaturated/α-hetero) is 1. The highest BCUT2D eigenvalue weighted by atomic mass is 35.5. The first kappa shape index (κ1) is 24.3. The number of aliphatic hydroxyl groups excluding tert-OH is 1. The largest absolute Gasteiger partial charge is 0.507 e. The Morgan fingerprint density at radius 2 is 1.94 bits per heavy atom. The first-order valence-electron chi connectivity index (χ1n) is 11.3. The van der Waals surface area contributed by atoms with E-state index < -0.39 is 17.7 Å². The molecule has 1 atom stereocenters. The van der Waals surface area contributed by atoms with Gasteiger partial charge >= 0.3 is 0 Å². The number of nitrogens with zero attached hydrogens (tertiary/aromatic N) is 3. The van der Waals surface area contributed by atoms with Crippen molar-refractivity contribution in [3.8, 4) is 11.5 Å². The molecule has 1 saturated heterocycles. The summed E-state index contributed by atoms with van der Waals surface area (Å²) in [5, 5.41) is 11.6. The van der Waals surface area contributed by atoms with Gasteiger partial charge < -0.3 is 24.0 Å². The number of imidazole rings is 1. The van der Waals surface area contributed by atoms with Crippen molar-refractivity contribution in [1.82, 2.24) is 14.5 Å². The molecule has 1 N–H and O–H groups in total. The van der Waals surface area contributed by atoms with E-state index >= 15 is 0 Å². The molecule has 8 nitrogen and oxygen atoms in total. The van der Waals surface area contributed by atoms with E-state index in [0.717, 1.165) is 0 Å². The number of rotatable bonds is 9. The van der Waals surface area contributed by atoms with E-state index in [0.29, 0.717) is 53.8 Å². The number of hydrogen-bond donors (Lipinski definition) is 1. The Morgan fingerprint density at radius 3 is 2.63 bits per heavy atom. The van der Waals surface area contributed by atoms with Crippen molar-refractivity contribution in [1.29, 1.82) is 0 Å². The molecule has 2 heterocycles. The molecule has 9 heteroatoms. The lowest BCUT2D eigenvalue weighted by Crippen LogP contribution is -2.31. The minimum atomic E-state index is -0.820. The summed E-state index contributed by atoms with van der Waals surface area (Å²) in [6, 6.07) is 11.1. The van der Waals surface area contributed by atoms with Crippen LogP contribution in [-0.2, 0) is 16.1 Å². The molecule has 1 amide bonds. The number of benzene rings is 2. The van der Waals surface area contributed by atoms with Crippen LogP contribution < -0.4 is 9.47 Å². The predicted molar refractivity (Wildman–Crippen MR) is 131 cm³/mol. The smallest absolute Gasteiger partial charge is 0.295 e. The van der Waals surface area contributed by atoms with Gasteiger partial charge in [0.15, 0.2) is 0 Å². The fraction of sp³-hybridized carbons (Fsp3) is 0.269. The van der Waals surface area contributed by atoms with E-state index in [2.05, 4.69) is 4.98 Å². The summed E-state index contributed by atoms with van der Waals surface area (Å²) in [5.74, 6) is -0.765. The minimum Gasteiger partial charge on any atom is -0.507 e. The van der Waals surface area contributed by atoms with E-state index in [4.69, 9.17) is 21.1 Å². The molecule has 2 aromatic carbocycles. The van der Waals surface area contributed by atoms with Gasteiger partial charge in [-0.3, -0.25) is 9.59 Å². The molecule has 0 radical (unpaired) electrons. The van der Waals surface area contributed by atoms with E-state index in [-0.39, 0.29) is 11.3 Å². The van der Waals surface area contributed by atoms with Crippen LogP contribution >= 0.6 is 11.6 Å². The normalized spacial score (nSPS) is 17.1. The highest BCUT2D eigenvalue weighted by molar-refractivity contribution is 6.46. The quantitative estimate of drug-likeness (QED) is 0.268. The van der Waals surface area contributed by atoms with Crippen molar-refractivity contribution in [3.05, 3.63) is 82.9 Å². The number of aromatic nitrogens is 2. The first-order valence-corrected chi connectivity index (χ1v) is 11.6. The molecule has 0 aliphatic carbocycles. The van der Waals surface area contributed by atoms with Gasteiger partial charge in [0.25, 0.3) is 11.7 Å². The number of amides is 1. The third-order valence-corrected chi connectivity index (χ3v) is 6.15. The Bertz CT molecular complexity index is 1260. The van der Waals surface area contributed by atoms with Gasteiger partial charge in [0.2, 0.25) is 0 Å². The van der Waals surface area contributed by atoms with Crippen LogP contribution in [0.15, 0.2) is 66.8 Å². The van der Waals surface area contributed by atoms with E-state index in [1.54, 1.807) is 48.9 Å². The number of aryl methyl sites for hydroxylation is 1. The van der Waals surface area contributed by atoms with E-state index in [1.807, 2.05) is 17.7 Å². The number of carbonyl (C=O) groups is 2. The molecule has 1 aromatic heterocycles. The van der Waals surface area contributed by atoms with Gasteiger partial charge in [0, 0.05) is 36.6 Å². The van der Waals surface area contributed by atoms with Crippen molar-refractivity contribution in [2.45, 2.75) is 25.9 Å². The van der Waals surface area contributed by atoms with Gasteiger partial charge in [-0.2, -0.15) is 0 Å². The highest BCUT2D eigenvalue weighted by Crippen LogP contribution is 2.43.